The summed E-state index contributed by atoms with van der Waals surface area (Å²) in [4.78, 5) is 0. The maximum Gasteiger partial charge on any atom is 0.113 e. The first kappa shape index (κ1) is 14.4. The molecule has 0 atom stereocenters. The van der Waals surface area contributed by atoms with E-state index in [1.807, 2.05) is 0 Å². The Hall–Kier alpha value is -1.91. The lowest BCUT2D eigenvalue weighted by Gasteiger charge is -2.23. The Bertz CT molecular complexity index is 933. The Morgan fingerprint density at radius 3 is 1.33 bits per heavy atom. The molecule has 3 aromatic carbocycles. The highest BCUT2D eigenvalue weighted by Crippen LogP contribution is 2.34. The third-order valence-corrected chi connectivity index (χ3v) is 13.4. The van der Waals surface area contributed by atoms with Gasteiger partial charge in [0.05, 0.1) is 0 Å². The lowest BCUT2D eigenvalue weighted by molar-refractivity contribution is 1.70. The van der Waals surface area contributed by atoms with Gasteiger partial charge in [0.25, 0.3) is 0 Å². The van der Waals surface area contributed by atoms with Crippen LogP contribution in [0.5, 0.6) is 0 Å². The van der Waals surface area contributed by atoms with Crippen molar-refractivity contribution in [3.05, 3.63) is 60.7 Å². The van der Waals surface area contributed by atoms with Crippen molar-refractivity contribution >= 4 is 36.9 Å². The zero-order chi connectivity index (χ0) is 16.7. The number of hydrogen-bond donors (Lipinski definition) is 0. The van der Waals surface area contributed by atoms with Crippen LogP contribution in [0.3, 0.4) is 0 Å². The van der Waals surface area contributed by atoms with E-state index in [9.17, 15) is 0 Å². The van der Waals surface area contributed by atoms with Crippen LogP contribution in [0.1, 0.15) is 0 Å². The van der Waals surface area contributed by atoms with Crippen molar-refractivity contribution in [1.82, 2.24) is 0 Å². The van der Waals surface area contributed by atoms with Crippen LogP contribution < -0.4 is 20.7 Å². The zero-order valence-electron chi connectivity index (χ0n) is 14.8. The predicted octanol–water partition coefficient (Wildman–Crippen LogP) is 3.29. The number of rotatable bonds is 0. The molecule has 5 rings (SSSR count). The van der Waals surface area contributed by atoms with Crippen LogP contribution in [-0.2, 0) is 0 Å². The molecular formula is C22H22Si2. The van der Waals surface area contributed by atoms with E-state index in [0.29, 0.717) is 0 Å². The topological polar surface area (TPSA) is 0 Å². The Labute approximate surface area is 146 Å². The van der Waals surface area contributed by atoms with Crippen molar-refractivity contribution in [2.75, 3.05) is 0 Å². The van der Waals surface area contributed by atoms with Crippen LogP contribution in [0.15, 0.2) is 60.7 Å². The van der Waals surface area contributed by atoms with Crippen LogP contribution in [0.4, 0.5) is 0 Å². The number of fused-ring (bicyclic) bond motifs is 6. The molecule has 0 bridgehead atoms. The highest BCUT2D eigenvalue weighted by atomic mass is 28.3. The second kappa shape index (κ2) is 4.38. The highest BCUT2D eigenvalue weighted by molar-refractivity contribution is 7.06. The van der Waals surface area contributed by atoms with Gasteiger partial charge in [-0.1, -0.05) is 80.8 Å². The molecule has 0 unspecified atom stereocenters. The summed E-state index contributed by atoms with van der Waals surface area (Å²) in [5.74, 6) is 0. The summed E-state index contributed by atoms with van der Waals surface area (Å²) < 4.78 is 0. The average molecular weight is 343 g/mol. The molecule has 0 nitrogen and oxygen atoms in total. The molecule has 2 aliphatic rings. The zero-order valence-corrected chi connectivity index (χ0v) is 16.8. The van der Waals surface area contributed by atoms with E-state index in [1.54, 1.807) is 20.7 Å². The molecule has 0 amide bonds. The van der Waals surface area contributed by atoms with Crippen LogP contribution in [0.25, 0.3) is 22.3 Å². The second-order valence-electron chi connectivity index (χ2n) is 8.28. The Morgan fingerprint density at radius 2 is 0.875 bits per heavy atom. The van der Waals surface area contributed by atoms with E-state index in [-0.39, 0.29) is 0 Å². The minimum Gasteiger partial charge on any atom is -0.0623 e. The first-order chi connectivity index (χ1) is 11.4. The molecule has 2 heterocycles. The summed E-state index contributed by atoms with van der Waals surface area (Å²) in [5.41, 5.74) is 5.97. The van der Waals surface area contributed by atoms with Crippen molar-refractivity contribution < 1.29 is 0 Å². The molecule has 0 saturated carbocycles. The molecule has 0 radical (unpaired) electrons. The molecule has 2 heteroatoms. The second-order valence-corrected chi connectivity index (χ2v) is 16.9. The summed E-state index contributed by atoms with van der Waals surface area (Å²) >= 11 is 0. The largest absolute Gasteiger partial charge is 0.113 e. The van der Waals surface area contributed by atoms with Crippen LogP contribution in [-0.4, -0.2) is 16.1 Å². The fraction of sp³-hybridized carbons (Fsp3) is 0.182. The minimum absolute atomic E-state index is 1.48. The Kier molecular flexibility index (Phi) is 2.64. The van der Waals surface area contributed by atoms with E-state index in [0.717, 1.165) is 0 Å². The van der Waals surface area contributed by atoms with Crippen molar-refractivity contribution in [2.24, 2.45) is 0 Å². The van der Waals surface area contributed by atoms with Gasteiger partial charge >= 0.3 is 0 Å². The third kappa shape index (κ3) is 1.58. The van der Waals surface area contributed by atoms with Gasteiger partial charge in [-0.05, 0) is 49.1 Å². The highest BCUT2D eigenvalue weighted by Gasteiger charge is 2.43. The molecule has 0 saturated heterocycles. The quantitative estimate of drug-likeness (QED) is 0.550. The molecule has 24 heavy (non-hydrogen) atoms. The molecule has 0 aromatic heterocycles. The van der Waals surface area contributed by atoms with Gasteiger partial charge in [-0.15, -0.1) is 0 Å². The molecule has 0 N–H and O–H groups in total. The molecular weight excluding hydrogens is 320 g/mol. The van der Waals surface area contributed by atoms with Crippen LogP contribution in [0, 0.1) is 0 Å². The van der Waals surface area contributed by atoms with Gasteiger partial charge in [0.2, 0.25) is 0 Å². The Balaban J connectivity index is 1.88. The number of hydrogen-bond acceptors (Lipinski definition) is 0. The lowest BCUT2D eigenvalue weighted by Crippen LogP contribution is -2.54. The fourth-order valence-corrected chi connectivity index (χ4v) is 11.2. The first-order valence-corrected chi connectivity index (χ1v) is 14.8. The van der Waals surface area contributed by atoms with E-state index < -0.39 is 16.1 Å². The van der Waals surface area contributed by atoms with Crippen molar-refractivity contribution in [1.29, 1.82) is 0 Å². The molecule has 0 fully saturated rings. The van der Waals surface area contributed by atoms with Gasteiger partial charge in [-0.2, -0.15) is 0 Å². The predicted molar refractivity (Wildman–Crippen MR) is 111 cm³/mol. The van der Waals surface area contributed by atoms with Gasteiger partial charge in [0, 0.05) is 0 Å². The van der Waals surface area contributed by atoms with Crippen molar-refractivity contribution in [3.63, 3.8) is 0 Å². The molecule has 2 aliphatic heterocycles. The van der Waals surface area contributed by atoms with E-state index in [2.05, 4.69) is 86.9 Å². The Morgan fingerprint density at radius 1 is 0.458 bits per heavy atom. The smallest absolute Gasteiger partial charge is 0.0623 e. The van der Waals surface area contributed by atoms with Crippen molar-refractivity contribution in [3.8, 4) is 22.3 Å². The molecule has 118 valence electrons. The van der Waals surface area contributed by atoms with E-state index in [4.69, 9.17) is 0 Å². The maximum absolute atomic E-state index is 2.61. The van der Waals surface area contributed by atoms with Crippen LogP contribution in [0.2, 0.25) is 26.2 Å². The van der Waals surface area contributed by atoms with Gasteiger partial charge in [0.15, 0.2) is 0 Å². The minimum atomic E-state index is -1.57. The van der Waals surface area contributed by atoms with Crippen LogP contribution >= 0.6 is 0 Å². The monoisotopic (exact) mass is 342 g/mol. The summed E-state index contributed by atoms with van der Waals surface area (Å²) in [5, 5.41) is 6.51. The van der Waals surface area contributed by atoms with Crippen molar-refractivity contribution in [2.45, 2.75) is 26.2 Å². The van der Waals surface area contributed by atoms with E-state index >= 15 is 0 Å². The van der Waals surface area contributed by atoms with Gasteiger partial charge in [-0.25, -0.2) is 0 Å². The standard InChI is InChI=1S/C22H22Si2/c1-23(2)19-11-7-5-9-15(19)17-13-18-16-10-6-8-12-20(16)24(3,4)22(18)14-21(17)23/h5-14H,1-4H3. The molecule has 0 spiro atoms. The summed E-state index contributed by atoms with van der Waals surface area (Å²) in [6.45, 7) is 10.1. The summed E-state index contributed by atoms with van der Waals surface area (Å²) in [6, 6.07) is 23.3. The third-order valence-electron chi connectivity index (χ3n) is 6.29. The molecule has 0 aliphatic carbocycles. The average Bonchev–Trinajstić information content (AvgIpc) is 2.95. The van der Waals surface area contributed by atoms with Gasteiger partial charge in [0.1, 0.15) is 16.1 Å². The SMILES string of the molecule is C[Si]1(C)c2ccccc2-c2cc3c(cc21)[Si](C)(C)c1ccccc1-3. The summed E-state index contributed by atoms with van der Waals surface area (Å²) in [6.07, 6.45) is 0. The summed E-state index contributed by atoms with van der Waals surface area (Å²) in [7, 11) is -3.14. The van der Waals surface area contributed by atoms with E-state index in [1.165, 1.54) is 22.3 Å². The van der Waals surface area contributed by atoms with Gasteiger partial charge < -0.3 is 0 Å². The lowest BCUT2D eigenvalue weighted by atomic mass is 9.99. The normalized spacial score (nSPS) is 17.8. The van der Waals surface area contributed by atoms with Gasteiger partial charge in [-0.3, -0.25) is 0 Å². The molecule has 3 aromatic rings. The fourth-order valence-electron chi connectivity index (χ4n) is 4.90. The maximum atomic E-state index is 2.61. The number of benzene rings is 3. The first-order valence-electron chi connectivity index (χ1n) is 8.81.